The molecule has 0 heterocycles. The molecule has 0 saturated heterocycles. The largest absolute Gasteiger partial charge is 0.444 e. The van der Waals surface area contributed by atoms with Crippen LogP contribution >= 0.6 is 23.8 Å². The van der Waals surface area contributed by atoms with E-state index in [1.807, 2.05) is 0 Å². The normalized spacial score (nSPS) is 12.8. The van der Waals surface area contributed by atoms with Crippen molar-refractivity contribution < 1.29 is 17.9 Å². The Morgan fingerprint density at radius 1 is 1.38 bits per heavy atom. The van der Waals surface area contributed by atoms with Gasteiger partial charge in [-0.15, -0.1) is 0 Å². The average Bonchev–Trinajstić information content (AvgIpc) is 2.21. The molecule has 0 aromatic heterocycles. The Kier molecular flexibility index (Phi) is 4.29. The molecule has 0 fully saturated rings. The van der Waals surface area contributed by atoms with Crippen LogP contribution in [0.1, 0.15) is 0 Å². The molecule has 0 bridgehead atoms. The van der Waals surface area contributed by atoms with E-state index >= 15 is 0 Å². The molecule has 1 rings (SSSR count). The van der Waals surface area contributed by atoms with Gasteiger partial charge in [-0.05, 0) is 36.5 Å². The summed E-state index contributed by atoms with van der Waals surface area (Å²) in [6.45, 7) is 0. The number of nitrogens with zero attached hydrogens (tertiary/aromatic N) is 1. The number of thiocarbonyl (C=S) groups is 1. The summed E-state index contributed by atoms with van der Waals surface area (Å²) in [6.07, 6.45) is -4.07. The number of hydrogen-bond donors (Lipinski definition) is 0. The van der Waals surface area contributed by atoms with Gasteiger partial charge in [0.25, 0.3) is 5.63 Å². The van der Waals surface area contributed by atoms with Gasteiger partial charge < -0.3 is 4.74 Å². The molecule has 0 aliphatic rings. The fraction of sp³-hybridized carbons (Fsp3) is 0.222. The quantitative estimate of drug-likeness (QED) is 0.468. The Labute approximate surface area is 99.7 Å². The summed E-state index contributed by atoms with van der Waals surface area (Å²) in [5.74, 6) is -0.225. The monoisotopic (exact) mass is 267 g/mol. The molecule has 0 aliphatic heterocycles. The van der Waals surface area contributed by atoms with E-state index in [-0.39, 0.29) is 5.75 Å². The van der Waals surface area contributed by atoms with Crippen LogP contribution in [0.25, 0.3) is 0 Å². The number of alkyl halides is 4. The molecule has 2 nitrogen and oxygen atoms in total. The summed E-state index contributed by atoms with van der Waals surface area (Å²) in [4.78, 5) is 3.60. The van der Waals surface area contributed by atoms with Gasteiger partial charge in [0.2, 0.25) is 0 Å². The van der Waals surface area contributed by atoms with Gasteiger partial charge in [-0.3, -0.25) is 0 Å². The Bertz CT molecular complexity index is 404. The van der Waals surface area contributed by atoms with E-state index in [0.717, 1.165) is 0 Å². The summed E-state index contributed by atoms with van der Waals surface area (Å²) in [5.41, 5.74) is -2.49. The zero-order valence-electron chi connectivity index (χ0n) is 7.66. The summed E-state index contributed by atoms with van der Waals surface area (Å²) in [5, 5.41) is 2.11. The second kappa shape index (κ2) is 5.30. The third-order valence-electron chi connectivity index (χ3n) is 1.52. The minimum absolute atomic E-state index is 0.225. The first-order chi connectivity index (χ1) is 7.45. The van der Waals surface area contributed by atoms with Crippen LogP contribution in [0, 0.1) is 0 Å². The van der Waals surface area contributed by atoms with Crippen molar-refractivity contribution >= 4 is 34.7 Å². The Hall–Kier alpha value is -1.10. The van der Waals surface area contributed by atoms with Gasteiger partial charge in [-0.25, -0.2) is 4.39 Å². The van der Waals surface area contributed by atoms with Crippen molar-refractivity contribution in [2.24, 2.45) is 4.99 Å². The third kappa shape index (κ3) is 3.48. The van der Waals surface area contributed by atoms with Crippen LogP contribution in [0.3, 0.4) is 0 Å². The molecular weight excluding hydrogens is 263 g/mol. The summed E-state index contributed by atoms with van der Waals surface area (Å²) in [7, 11) is 0. The highest BCUT2D eigenvalue weighted by Crippen LogP contribution is 2.29. The van der Waals surface area contributed by atoms with Gasteiger partial charge in [0, 0.05) is 0 Å². The number of ether oxygens (including phenoxy) is 1. The maximum atomic E-state index is 12.7. The molecule has 1 unspecified atom stereocenters. The fourth-order valence-corrected chi connectivity index (χ4v) is 0.993. The van der Waals surface area contributed by atoms with Crippen LogP contribution in [0.5, 0.6) is 5.75 Å². The van der Waals surface area contributed by atoms with E-state index in [4.69, 9.17) is 0 Å². The van der Waals surface area contributed by atoms with E-state index in [1.165, 1.54) is 24.3 Å². The van der Waals surface area contributed by atoms with Crippen molar-refractivity contribution in [3.8, 4) is 5.75 Å². The fourth-order valence-electron chi connectivity index (χ4n) is 0.843. The van der Waals surface area contributed by atoms with Crippen molar-refractivity contribution in [3.63, 3.8) is 0 Å². The Balaban J connectivity index is 2.79. The summed E-state index contributed by atoms with van der Waals surface area (Å²) in [6, 6.07) is 5.12. The van der Waals surface area contributed by atoms with Crippen LogP contribution in [-0.4, -0.2) is 16.9 Å². The lowest BCUT2D eigenvalue weighted by Crippen LogP contribution is -2.32. The van der Waals surface area contributed by atoms with Gasteiger partial charge in [-0.2, -0.15) is 13.8 Å². The second-order valence-electron chi connectivity index (χ2n) is 2.66. The zero-order valence-corrected chi connectivity index (χ0v) is 9.23. The van der Waals surface area contributed by atoms with Crippen LogP contribution in [-0.2, 0) is 0 Å². The topological polar surface area (TPSA) is 21.6 Å². The molecule has 86 valence electrons. The predicted octanol–water partition coefficient (Wildman–Crippen LogP) is 3.93. The van der Waals surface area contributed by atoms with E-state index in [1.54, 1.807) is 0 Å². The number of aliphatic imine (C=N–C) groups is 1. The first-order valence-corrected chi connectivity index (χ1v) is 4.83. The molecule has 1 aromatic carbocycles. The van der Waals surface area contributed by atoms with Gasteiger partial charge in [0.05, 0.1) is 10.8 Å². The van der Waals surface area contributed by atoms with Gasteiger partial charge in [0.15, 0.2) is 0 Å². The van der Waals surface area contributed by atoms with Crippen molar-refractivity contribution in [2.75, 3.05) is 0 Å². The van der Waals surface area contributed by atoms with Crippen LogP contribution in [0.4, 0.5) is 18.9 Å². The summed E-state index contributed by atoms with van der Waals surface area (Å²) >= 11 is 8.97. The molecule has 7 heteroatoms. The lowest BCUT2D eigenvalue weighted by molar-refractivity contribution is -0.199. The van der Waals surface area contributed by atoms with Gasteiger partial charge >= 0.3 is 6.11 Å². The third-order valence-corrected chi connectivity index (χ3v) is 1.86. The average molecular weight is 268 g/mol. The van der Waals surface area contributed by atoms with E-state index < -0.39 is 11.7 Å². The van der Waals surface area contributed by atoms with Crippen LogP contribution in [0.15, 0.2) is 29.3 Å². The maximum absolute atomic E-state index is 12.7. The Morgan fingerprint density at radius 2 is 1.94 bits per heavy atom. The number of isothiocyanates is 1. The molecule has 1 aromatic rings. The molecule has 0 spiro atoms. The molecule has 0 N–H and O–H groups in total. The van der Waals surface area contributed by atoms with Gasteiger partial charge in [0.1, 0.15) is 5.75 Å². The van der Waals surface area contributed by atoms with E-state index in [2.05, 4.69) is 38.7 Å². The highest BCUT2D eigenvalue weighted by molar-refractivity contribution is 7.78. The van der Waals surface area contributed by atoms with Crippen molar-refractivity contribution in [3.05, 3.63) is 24.3 Å². The van der Waals surface area contributed by atoms with E-state index in [0.29, 0.717) is 5.69 Å². The number of halogens is 4. The Morgan fingerprint density at radius 3 is 2.38 bits per heavy atom. The maximum Gasteiger partial charge on any atom is 0.444 e. The van der Waals surface area contributed by atoms with Crippen molar-refractivity contribution in [2.45, 2.75) is 11.7 Å². The van der Waals surface area contributed by atoms with E-state index in [9.17, 15) is 13.2 Å². The second-order valence-corrected chi connectivity index (χ2v) is 3.23. The van der Waals surface area contributed by atoms with Crippen LogP contribution in [0.2, 0.25) is 0 Å². The SMILES string of the molecule is FC(Cl)C(F)(F)Oc1ccc(N=C=S)cc1. The molecule has 0 aliphatic carbocycles. The molecule has 16 heavy (non-hydrogen) atoms. The first-order valence-electron chi connectivity index (χ1n) is 3.98. The van der Waals surface area contributed by atoms with Gasteiger partial charge in [-0.1, -0.05) is 11.6 Å². The van der Waals surface area contributed by atoms with Crippen molar-refractivity contribution in [1.29, 1.82) is 0 Å². The molecule has 0 radical (unpaired) electrons. The standard InChI is InChI=1S/C9H5ClF3NOS/c10-8(11)9(12,13)15-7-3-1-6(2-4-7)14-5-16/h1-4,8H. The smallest absolute Gasteiger partial charge is 0.429 e. The number of rotatable bonds is 4. The zero-order chi connectivity index (χ0) is 12.2. The minimum atomic E-state index is -4.07. The predicted molar refractivity (Wildman–Crippen MR) is 57.5 cm³/mol. The molecular formula is C9H5ClF3NOS. The van der Waals surface area contributed by atoms with Crippen molar-refractivity contribution in [1.82, 2.24) is 0 Å². The molecule has 1 atom stereocenters. The highest BCUT2D eigenvalue weighted by Gasteiger charge is 2.42. The molecule has 0 saturated carbocycles. The number of hydrogen-bond acceptors (Lipinski definition) is 3. The lowest BCUT2D eigenvalue weighted by atomic mass is 10.3. The number of benzene rings is 1. The molecule has 0 amide bonds. The first kappa shape index (κ1) is 13.0. The minimum Gasteiger partial charge on any atom is -0.429 e. The summed E-state index contributed by atoms with van der Waals surface area (Å²) < 4.78 is 41.7. The highest BCUT2D eigenvalue weighted by atomic mass is 35.5. The van der Waals surface area contributed by atoms with Crippen LogP contribution < -0.4 is 4.74 Å². The lowest BCUT2D eigenvalue weighted by Gasteiger charge is -2.17.